The van der Waals surface area contributed by atoms with Gasteiger partial charge in [-0.05, 0) is 30.5 Å². The van der Waals surface area contributed by atoms with Crippen molar-refractivity contribution in [3.05, 3.63) is 23.8 Å². The molecule has 0 aliphatic rings. The lowest BCUT2D eigenvalue weighted by molar-refractivity contribution is 0.288. The third-order valence-corrected chi connectivity index (χ3v) is 1.92. The maximum Gasteiger partial charge on any atom is 0.141 e. The molecular formula is C10H15NO2. The Hall–Kier alpha value is -1.22. The van der Waals surface area contributed by atoms with Crippen molar-refractivity contribution in [1.82, 2.24) is 0 Å². The van der Waals surface area contributed by atoms with Crippen LogP contribution in [-0.2, 0) is 6.42 Å². The summed E-state index contributed by atoms with van der Waals surface area (Å²) in [6.45, 7) is 0.214. The molecule has 0 radical (unpaired) electrons. The first-order chi connectivity index (χ1) is 6.27. The van der Waals surface area contributed by atoms with Crippen LogP contribution in [0, 0.1) is 0 Å². The lowest BCUT2D eigenvalue weighted by Gasteiger charge is -2.06. The van der Waals surface area contributed by atoms with Gasteiger partial charge in [0.15, 0.2) is 0 Å². The quantitative estimate of drug-likeness (QED) is 0.686. The SMILES string of the molecule is COc1ccc(CCCO)cc1N. The molecule has 0 fully saturated rings. The number of nitrogen functional groups attached to an aromatic ring is 1. The van der Waals surface area contributed by atoms with Crippen LogP contribution in [0.2, 0.25) is 0 Å². The minimum absolute atomic E-state index is 0.214. The number of aliphatic hydroxyl groups excluding tert-OH is 1. The van der Waals surface area contributed by atoms with E-state index in [0.717, 1.165) is 18.4 Å². The maximum atomic E-state index is 8.64. The van der Waals surface area contributed by atoms with E-state index in [2.05, 4.69) is 0 Å². The van der Waals surface area contributed by atoms with Crippen LogP contribution in [0.4, 0.5) is 5.69 Å². The first-order valence-electron chi connectivity index (χ1n) is 4.31. The van der Waals surface area contributed by atoms with E-state index >= 15 is 0 Å². The maximum absolute atomic E-state index is 8.64. The van der Waals surface area contributed by atoms with Gasteiger partial charge in [0.05, 0.1) is 12.8 Å². The monoisotopic (exact) mass is 181 g/mol. The van der Waals surface area contributed by atoms with E-state index in [1.165, 1.54) is 0 Å². The van der Waals surface area contributed by atoms with Gasteiger partial charge in [-0.3, -0.25) is 0 Å². The number of benzene rings is 1. The predicted molar refractivity (Wildman–Crippen MR) is 52.8 cm³/mol. The summed E-state index contributed by atoms with van der Waals surface area (Å²) in [4.78, 5) is 0. The molecule has 1 aromatic rings. The highest BCUT2D eigenvalue weighted by atomic mass is 16.5. The highest BCUT2D eigenvalue weighted by Gasteiger charge is 1.99. The Morgan fingerprint density at radius 3 is 2.77 bits per heavy atom. The molecule has 0 bridgehead atoms. The summed E-state index contributed by atoms with van der Waals surface area (Å²) in [7, 11) is 1.60. The second-order valence-corrected chi connectivity index (χ2v) is 2.90. The molecule has 1 aromatic carbocycles. The minimum atomic E-state index is 0.214. The van der Waals surface area contributed by atoms with Crippen LogP contribution in [0.1, 0.15) is 12.0 Å². The number of hydrogen-bond acceptors (Lipinski definition) is 3. The zero-order valence-corrected chi connectivity index (χ0v) is 7.79. The molecule has 3 nitrogen and oxygen atoms in total. The van der Waals surface area contributed by atoms with Gasteiger partial charge in [0, 0.05) is 6.61 Å². The topological polar surface area (TPSA) is 55.5 Å². The summed E-state index contributed by atoms with van der Waals surface area (Å²) in [5.41, 5.74) is 7.50. The van der Waals surface area contributed by atoms with Crippen LogP contribution >= 0.6 is 0 Å². The second-order valence-electron chi connectivity index (χ2n) is 2.90. The smallest absolute Gasteiger partial charge is 0.141 e. The van der Waals surface area contributed by atoms with Crippen LogP contribution in [-0.4, -0.2) is 18.8 Å². The molecule has 0 spiro atoms. The summed E-state index contributed by atoms with van der Waals surface area (Å²) in [6, 6.07) is 5.70. The van der Waals surface area contributed by atoms with Crippen molar-refractivity contribution in [3.63, 3.8) is 0 Å². The zero-order chi connectivity index (χ0) is 9.68. The van der Waals surface area contributed by atoms with E-state index in [-0.39, 0.29) is 6.61 Å². The molecule has 13 heavy (non-hydrogen) atoms. The van der Waals surface area contributed by atoms with Crippen LogP contribution in [0.5, 0.6) is 5.75 Å². The van der Waals surface area contributed by atoms with Crippen LogP contribution < -0.4 is 10.5 Å². The van der Waals surface area contributed by atoms with Crippen molar-refractivity contribution in [1.29, 1.82) is 0 Å². The third kappa shape index (κ3) is 2.63. The van der Waals surface area contributed by atoms with Crippen LogP contribution in [0.15, 0.2) is 18.2 Å². The summed E-state index contributed by atoms with van der Waals surface area (Å²) in [5.74, 6) is 0.702. The van der Waals surface area contributed by atoms with E-state index in [1.807, 2.05) is 18.2 Å². The Morgan fingerprint density at radius 1 is 1.46 bits per heavy atom. The lowest BCUT2D eigenvalue weighted by Crippen LogP contribution is -1.95. The fraction of sp³-hybridized carbons (Fsp3) is 0.400. The van der Waals surface area contributed by atoms with Crippen molar-refractivity contribution >= 4 is 5.69 Å². The Labute approximate surface area is 78.1 Å². The highest BCUT2D eigenvalue weighted by Crippen LogP contribution is 2.22. The van der Waals surface area contributed by atoms with Crippen molar-refractivity contribution in [2.75, 3.05) is 19.5 Å². The average molecular weight is 181 g/mol. The predicted octanol–water partition coefficient (Wildman–Crippen LogP) is 1.20. The fourth-order valence-corrected chi connectivity index (χ4v) is 1.22. The number of hydrogen-bond donors (Lipinski definition) is 2. The number of methoxy groups -OCH3 is 1. The molecule has 0 aromatic heterocycles. The molecule has 3 heteroatoms. The van der Waals surface area contributed by atoms with E-state index in [1.54, 1.807) is 7.11 Å². The standard InChI is InChI=1S/C10H15NO2/c1-13-10-5-4-8(3-2-6-12)7-9(10)11/h4-5,7,12H,2-3,6,11H2,1H3. The Balaban J connectivity index is 2.71. The number of anilines is 1. The number of ether oxygens (including phenoxy) is 1. The zero-order valence-electron chi connectivity index (χ0n) is 7.79. The van der Waals surface area contributed by atoms with E-state index < -0.39 is 0 Å². The Morgan fingerprint density at radius 2 is 2.23 bits per heavy atom. The molecule has 0 saturated heterocycles. The fourth-order valence-electron chi connectivity index (χ4n) is 1.22. The van der Waals surface area contributed by atoms with Gasteiger partial charge in [-0.15, -0.1) is 0 Å². The molecule has 0 heterocycles. The van der Waals surface area contributed by atoms with Gasteiger partial charge in [0.1, 0.15) is 5.75 Å². The minimum Gasteiger partial charge on any atom is -0.495 e. The molecular weight excluding hydrogens is 166 g/mol. The molecule has 0 amide bonds. The first kappa shape index (κ1) is 9.86. The molecule has 0 unspecified atom stereocenters. The van der Waals surface area contributed by atoms with Crippen molar-refractivity contribution in [3.8, 4) is 5.75 Å². The second kappa shape index (κ2) is 4.72. The summed E-state index contributed by atoms with van der Waals surface area (Å²) in [6.07, 6.45) is 1.62. The lowest BCUT2D eigenvalue weighted by atomic mass is 10.1. The number of aryl methyl sites for hydroxylation is 1. The van der Waals surface area contributed by atoms with E-state index in [4.69, 9.17) is 15.6 Å². The average Bonchev–Trinajstić information content (AvgIpc) is 2.15. The highest BCUT2D eigenvalue weighted by molar-refractivity contribution is 5.54. The van der Waals surface area contributed by atoms with Gasteiger partial charge >= 0.3 is 0 Å². The number of rotatable bonds is 4. The summed E-state index contributed by atoms with van der Waals surface area (Å²) in [5, 5.41) is 8.64. The normalized spacial score (nSPS) is 10.0. The van der Waals surface area contributed by atoms with E-state index in [9.17, 15) is 0 Å². The molecule has 0 aliphatic carbocycles. The van der Waals surface area contributed by atoms with Crippen LogP contribution in [0.3, 0.4) is 0 Å². The van der Waals surface area contributed by atoms with Gasteiger partial charge in [0.2, 0.25) is 0 Å². The van der Waals surface area contributed by atoms with Crippen molar-refractivity contribution < 1.29 is 9.84 Å². The van der Waals surface area contributed by atoms with Crippen LogP contribution in [0.25, 0.3) is 0 Å². The van der Waals surface area contributed by atoms with Gasteiger partial charge in [-0.25, -0.2) is 0 Å². The van der Waals surface area contributed by atoms with Crippen molar-refractivity contribution in [2.45, 2.75) is 12.8 Å². The van der Waals surface area contributed by atoms with Gasteiger partial charge in [-0.2, -0.15) is 0 Å². The Bertz CT molecular complexity index is 274. The molecule has 1 rings (SSSR count). The molecule has 3 N–H and O–H groups in total. The summed E-state index contributed by atoms with van der Waals surface area (Å²) >= 11 is 0. The molecule has 72 valence electrons. The number of nitrogens with two attached hydrogens (primary N) is 1. The third-order valence-electron chi connectivity index (χ3n) is 1.92. The largest absolute Gasteiger partial charge is 0.495 e. The molecule has 0 atom stereocenters. The van der Waals surface area contributed by atoms with Gasteiger partial charge < -0.3 is 15.6 Å². The first-order valence-corrected chi connectivity index (χ1v) is 4.31. The molecule has 0 aliphatic heterocycles. The van der Waals surface area contributed by atoms with E-state index in [0.29, 0.717) is 11.4 Å². The van der Waals surface area contributed by atoms with Gasteiger partial charge in [0.25, 0.3) is 0 Å². The van der Waals surface area contributed by atoms with Gasteiger partial charge in [-0.1, -0.05) is 6.07 Å². The van der Waals surface area contributed by atoms with Crippen molar-refractivity contribution in [2.24, 2.45) is 0 Å². The Kier molecular flexibility index (Phi) is 3.58. The molecule has 0 saturated carbocycles. The summed E-state index contributed by atoms with van der Waals surface area (Å²) < 4.78 is 5.03. The number of aliphatic hydroxyl groups is 1.